The van der Waals surface area contributed by atoms with Gasteiger partial charge in [-0.2, -0.15) is 0 Å². The number of ether oxygens (including phenoxy) is 1. The van der Waals surface area contributed by atoms with Crippen LogP contribution in [0.25, 0.3) is 0 Å². The first-order valence-corrected chi connectivity index (χ1v) is 5.35. The van der Waals surface area contributed by atoms with Crippen LogP contribution < -0.4 is 4.74 Å². The van der Waals surface area contributed by atoms with Crippen LogP contribution in [0.4, 0.5) is 0 Å². The number of aldehydes is 1. The third-order valence-corrected chi connectivity index (χ3v) is 2.38. The Morgan fingerprint density at radius 3 is 2.71 bits per heavy atom. The second-order valence-electron chi connectivity index (χ2n) is 3.50. The van der Waals surface area contributed by atoms with Gasteiger partial charge in [0.1, 0.15) is 12.1 Å². The van der Waals surface area contributed by atoms with Crippen molar-refractivity contribution in [3.05, 3.63) is 47.9 Å². The molecule has 0 atom stereocenters. The van der Waals surface area contributed by atoms with E-state index < -0.39 is 0 Å². The van der Waals surface area contributed by atoms with Gasteiger partial charge in [-0.15, -0.1) is 0 Å². The Morgan fingerprint density at radius 1 is 1.29 bits per heavy atom. The highest BCUT2D eigenvalue weighted by atomic mass is 16.5. The predicted molar refractivity (Wildman–Crippen MR) is 63.3 cm³/mol. The topological polar surface area (TPSA) is 52.1 Å². The number of carbonyl (C=O) groups is 1. The van der Waals surface area contributed by atoms with Crippen molar-refractivity contribution in [1.82, 2.24) is 9.97 Å². The molecule has 0 aliphatic heterocycles. The molecule has 0 saturated carbocycles. The maximum atomic E-state index is 10.8. The van der Waals surface area contributed by atoms with Crippen molar-refractivity contribution in [2.45, 2.75) is 13.3 Å². The van der Waals surface area contributed by atoms with Crippen molar-refractivity contribution in [3.8, 4) is 11.6 Å². The molecule has 0 amide bonds. The van der Waals surface area contributed by atoms with Crippen molar-refractivity contribution >= 4 is 6.29 Å². The van der Waals surface area contributed by atoms with Gasteiger partial charge in [0.25, 0.3) is 0 Å². The summed E-state index contributed by atoms with van der Waals surface area (Å²) in [6.07, 6.45) is 4.43. The van der Waals surface area contributed by atoms with Crippen LogP contribution in [0, 0.1) is 0 Å². The van der Waals surface area contributed by atoms with E-state index in [-0.39, 0.29) is 5.88 Å². The second kappa shape index (κ2) is 5.21. The third kappa shape index (κ3) is 2.66. The maximum absolute atomic E-state index is 10.8. The molecule has 0 aliphatic rings. The third-order valence-electron chi connectivity index (χ3n) is 2.38. The van der Waals surface area contributed by atoms with E-state index in [1.807, 2.05) is 24.3 Å². The van der Waals surface area contributed by atoms with Crippen LogP contribution in [0.1, 0.15) is 22.8 Å². The number of benzene rings is 1. The molecule has 0 spiro atoms. The van der Waals surface area contributed by atoms with E-state index in [1.54, 1.807) is 0 Å². The van der Waals surface area contributed by atoms with Crippen molar-refractivity contribution in [3.63, 3.8) is 0 Å². The van der Waals surface area contributed by atoms with Gasteiger partial charge in [0.2, 0.25) is 5.88 Å². The average molecular weight is 228 g/mol. The predicted octanol–water partition coefficient (Wildman–Crippen LogP) is 2.64. The highest BCUT2D eigenvalue weighted by molar-refractivity contribution is 5.77. The molecule has 1 aromatic heterocycles. The van der Waals surface area contributed by atoms with Gasteiger partial charge >= 0.3 is 0 Å². The Kier molecular flexibility index (Phi) is 3.45. The molecule has 0 N–H and O–H groups in total. The van der Waals surface area contributed by atoms with Crippen molar-refractivity contribution in [2.24, 2.45) is 0 Å². The van der Waals surface area contributed by atoms with Crippen LogP contribution in [0.5, 0.6) is 11.6 Å². The minimum Gasteiger partial charge on any atom is -0.438 e. The van der Waals surface area contributed by atoms with E-state index in [0.29, 0.717) is 17.6 Å². The molecule has 86 valence electrons. The summed E-state index contributed by atoms with van der Waals surface area (Å²) in [7, 11) is 0. The molecular formula is C13H12N2O2. The Morgan fingerprint density at radius 2 is 2.06 bits per heavy atom. The zero-order valence-electron chi connectivity index (χ0n) is 9.46. The van der Waals surface area contributed by atoms with E-state index in [0.717, 1.165) is 6.42 Å². The van der Waals surface area contributed by atoms with Crippen LogP contribution >= 0.6 is 0 Å². The average Bonchev–Trinajstić information content (AvgIpc) is 2.40. The summed E-state index contributed by atoms with van der Waals surface area (Å²) in [6, 6.07) is 7.68. The van der Waals surface area contributed by atoms with Gasteiger partial charge in [0, 0.05) is 6.20 Å². The fourth-order valence-corrected chi connectivity index (χ4v) is 1.40. The van der Waals surface area contributed by atoms with E-state index >= 15 is 0 Å². The van der Waals surface area contributed by atoms with Gasteiger partial charge in [0.15, 0.2) is 6.29 Å². The monoisotopic (exact) mass is 228 g/mol. The van der Waals surface area contributed by atoms with Gasteiger partial charge in [-0.25, -0.2) is 9.97 Å². The number of aromatic nitrogens is 2. The Hall–Kier alpha value is -2.23. The molecule has 0 fully saturated rings. The maximum Gasteiger partial charge on any atom is 0.232 e. The van der Waals surface area contributed by atoms with Crippen LogP contribution in [0.2, 0.25) is 0 Å². The molecule has 1 heterocycles. The van der Waals surface area contributed by atoms with E-state index in [1.165, 1.54) is 18.1 Å². The molecule has 0 saturated heterocycles. The van der Waals surface area contributed by atoms with Crippen molar-refractivity contribution in [2.75, 3.05) is 0 Å². The summed E-state index contributed by atoms with van der Waals surface area (Å²) < 4.78 is 5.52. The minimum atomic E-state index is 0.277. The number of rotatable bonds is 4. The minimum absolute atomic E-state index is 0.277. The number of nitrogens with zero attached hydrogens (tertiary/aromatic N) is 2. The van der Waals surface area contributed by atoms with E-state index in [4.69, 9.17) is 4.74 Å². The molecule has 2 rings (SSSR count). The van der Waals surface area contributed by atoms with Crippen molar-refractivity contribution < 1.29 is 9.53 Å². The molecule has 0 unspecified atom stereocenters. The smallest absolute Gasteiger partial charge is 0.232 e. The van der Waals surface area contributed by atoms with Gasteiger partial charge in [0.05, 0.1) is 5.56 Å². The standard InChI is InChI=1S/C13H12N2O2/c1-2-10-3-5-12(6-4-10)17-13-11(8-16)7-14-9-15-13/h3-9H,2H2,1H3. The quantitative estimate of drug-likeness (QED) is 0.755. The molecule has 17 heavy (non-hydrogen) atoms. The number of hydrogen-bond acceptors (Lipinski definition) is 4. The lowest BCUT2D eigenvalue weighted by atomic mass is 10.2. The summed E-state index contributed by atoms with van der Waals surface area (Å²) in [5.41, 5.74) is 1.57. The zero-order chi connectivity index (χ0) is 12.1. The largest absolute Gasteiger partial charge is 0.438 e. The summed E-state index contributed by atoms with van der Waals surface area (Å²) >= 11 is 0. The molecule has 0 bridgehead atoms. The lowest BCUT2D eigenvalue weighted by Gasteiger charge is -2.06. The van der Waals surface area contributed by atoms with Crippen LogP contribution in [0.3, 0.4) is 0 Å². The summed E-state index contributed by atoms with van der Waals surface area (Å²) in [5, 5.41) is 0. The van der Waals surface area contributed by atoms with Gasteiger partial charge in [-0.1, -0.05) is 19.1 Å². The molecule has 0 aliphatic carbocycles. The second-order valence-corrected chi connectivity index (χ2v) is 3.50. The van der Waals surface area contributed by atoms with Crippen molar-refractivity contribution in [1.29, 1.82) is 0 Å². The molecule has 4 heteroatoms. The molecule has 4 nitrogen and oxygen atoms in total. The molecule has 2 aromatic rings. The van der Waals surface area contributed by atoms with Gasteiger partial charge < -0.3 is 4.74 Å². The Balaban J connectivity index is 2.22. The van der Waals surface area contributed by atoms with E-state index in [9.17, 15) is 4.79 Å². The lowest BCUT2D eigenvalue weighted by molar-refractivity contribution is 0.112. The fraction of sp³-hybridized carbons (Fsp3) is 0.154. The number of hydrogen-bond donors (Lipinski definition) is 0. The van der Waals surface area contributed by atoms with Gasteiger partial charge in [-0.05, 0) is 24.1 Å². The Labute approximate surface area is 99.3 Å². The van der Waals surface area contributed by atoms with Gasteiger partial charge in [-0.3, -0.25) is 4.79 Å². The normalized spacial score (nSPS) is 9.94. The first-order valence-electron chi connectivity index (χ1n) is 5.35. The van der Waals surface area contributed by atoms with Crippen LogP contribution in [-0.2, 0) is 6.42 Å². The highest BCUT2D eigenvalue weighted by Crippen LogP contribution is 2.21. The molecule has 0 radical (unpaired) electrons. The lowest BCUT2D eigenvalue weighted by Crippen LogP contribution is -1.94. The summed E-state index contributed by atoms with van der Waals surface area (Å²) in [5.74, 6) is 0.934. The summed E-state index contributed by atoms with van der Waals surface area (Å²) in [6.45, 7) is 2.09. The molecule has 1 aromatic carbocycles. The van der Waals surface area contributed by atoms with Crippen LogP contribution in [0.15, 0.2) is 36.8 Å². The Bertz CT molecular complexity index is 509. The SMILES string of the molecule is CCc1ccc(Oc2ncncc2C=O)cc1. The fourth-order valence-electron chi connectivity index (χ4n) is 1.40. The zero-order valence-corrected chi connectivity index (χ0v) is 9.46. The summed E-state index contributed by atoms with van der Waals surface area (Å²) in [4.78, 5) is 18.4. The first-order chi connectivity index (χ1) is 8.33. The van der Waals surface area contributed by atoms with E-state index in [2.05, 4.69) is 16.9 Å². The highest BCUT2D eigenvalue weighted by Gasteiger charge is 2.05. The molecular weight excluding hydrogens is 216 g/mol. The number of aryl methyl sites for hydroxylation is 1. The number of carbonyl (C=O) groups excluding carboxylic acids is 1. The first kappa shape index (κ1) is 11.3. The van der Waals surface area contributed by atoms with Crippen LogP contribution in [-0.4, -0.2) is 16.3 Å².